The summed E-state index contributed by atoms with van der Waals surface area (Å²) in [6.07, 6.45) is 0. The van der Waals surface area contributed by atoms with Crippen molar-refractivity contribution in [3.63, 3.8) is 0 Å². The van der Waals surface area contributed by atoms with Gasteiger partial charge in [-0.1, -0.05) is 34.5 Å². The second-order valence-electron chi connectivity index (χ2n) is 8.17. The van der Waals surface area contributed by atoms with Crippen molar-refractivity contribution in [1.29, 1.82) is 0 Å². The molecule has 172 valence electrons. The predicted molar refractivity (Wildman–Crippen MR) is 126 cm³/mol. The van der Waals surface area contributed by atoms with E-state index in [1.54, 1.807) is 19.1 Å². The van der Waals surface area contributed by atoms with E-state index in [1.165, 1.54) is 18.3 Å². The molecular weight excluding hydrogens is 514 g/mol. The van der Waals surface area contributed by atoms with Crippen LogP contribution in [-0.2, 0) is 0 Å². The number of Topliss-reactive ketones (excluding diaryl/α,β-unsaturated/α-hetero) is 1. The molecule has 1 saturated carbocycles. The standard InChI is InChI=1S/C21H18Cl2N4O4S2.Li/c1-7-13(22)14(23)17(24-7)19(29)25-15-9-5-27(6-10(9)15)21-26-16(18(33-21)20(30)31)12-4-3-11(32-12)8(2)28;/h3-4,9-10,15,24H,5-6H2,1-2H3,(H,25,29)(H,30,31);/q;+1/p-1/t9-,10+,15?;. The molecule has 1 aliphatic heterocycles. The number of carboxylic acids is 1. The summed E-state index contributed by atoms with van der Waals surface area (Å²) in [7, 11) is 0. The minimum absolute atomic E-state index is 0. The first kappa shape index (κ1) is 25.3. The maximum Gasteiger partial charge on any atom is 1.00 e. The number of halogens is 2. The van der Waals surface area contributed by atoms with Crippen LogP contribution in [0, 0.1) is 18.8 Å². The van der Waals surface area contributed by atoms with Gasteiger partial charge in [0, 0.05) is 36.7 Å². The number of carbonyl (C=O) groups is 3. The van der Waals surface area contributed by atoms with Gasteiger partial charge < -0.3 is 25.1 Å². The Hall–Kier alpha value is -1.80. The van der Waals surface area contributed by atoms with Gasteiger partial charge in [0.15, 0.2) is 10.9 Å². The van der Waals surface area contributed by atoms with E-state index in [9.17, 15) is 19.5 Å². The van der Waals surface area contributed by atoms with Crippen molar-refractivity contribution < 1.29 is 38.4 Å². The van der Waals surface area contributed by atoms with E-state index >= 15 is 0 Å². The number of fused-ring (bicyclic) bond motifs is 1. The Balaban J connectivity index is 0.00000274. The van der Waals surface area contributed by atoms with Crippen LogP contribution in [-0.4, -0.2) is 46.8 Å². The van der Waals surface area contributed by atoms with Crippen molar-refractivity contribution >= 4 is 68.7 Å². The Morgan fingerprint density at radius 1 is 1.18 bits per heavy atom. The molecule has 1 unspecified atom stereocenters. The number of thiophene rings is 1. The van der Waals surface area contributed by atoms with E-state index < -0.39 is 5.97 Å². The van der Waals surface area contributed by atoms with Gasteiger partial charge >= 0.3 is 18.9 Å². The minimum Gasteiger partial charge on any atom is -0.544 e. The SMILES string of the molecule is CC(=O)c1ccc(-c2nc(N3C[C@@H]4C(NC(=O)c5[nH]c(C)c(Cl)c5Cl)[C@@H]4C3)sc2C(=O)[O-])s1.[Li+]. The van der Waals surface area contributed by atoms with Gasteiger partial charge in [0.2, 0.25) is 0 Å². The molecule has 3 aromatic heterocycles. The van der Waals surface area contributed by atoms with Crippen LogP contribution >= 0.6 is 45.9 Å². The number of hydrogen-bond donors (Lipinski definition) is 2. The van der Waals surface area contributed by atoms with E-state index in [0.29, 0.717) is 44.4 Å². The average Bonchev–Trinajstić information content (AvgIpc) is 3.33. The Bertz CT molecular complexity index is 1310. The first-order valence-electron chi connectivity index (χ1n) is 10.1. The van der Waals surface area contributed by atoms with Crippen LogP contribution in [0.5, 0.6) is 0 Å². The number of nitrogens with zero attached hydrogens (tertiary/aromatic N) is 2. The van der Waals surface area contributed by atoms with Gasteiger partial charge in [-0.2, -0.15) is 0 Å². The van der Waals surface area contributed by atoms with Crippen molar-refractivity contribution in [1.82, 2.24) is 15.3 Å². The number of aryl methyl sites for hydroxylation is 1. The van der Waals surface area contributed by atoms with Gasteiger partial charge in [0.25, 0.3) is 5.91 Å². The van der Waals surface area contributed by atoms with Gasteiger partial charge in [-0.15, -0.1) is 11.3 Å². The summed E-state index contributed by atoms with van der Waals surface area (Å²) in [5.41, 5.74) is 1.22. The summed E-state index contributed by atoms with van der Waals surface area (Å²) in [6, 6.07) is 3.39. The van der Waals surface area contributed by atoms with Gasteiger partial charge in [-0.05, 0) is 26.0 Å². The number of piperidine rings is 1. The molecule has 1 aliphatic carbocycles. The quantitative estimate of drug-likeness (QED) is 0.348. The third-order valence-electron chi connectivity index (χ3n) is 6.03. The van der Waals surface area contributed by atoms with Crippen LogP contribution in [0.3, 0.4) is 0 Å². The molecule has 8 nitrogen and oxygen atoms in total. The van der Waals surface area contributed by atoms with Gasteiger partial charge in [-0.3, -0.25) is 9.59 Å². The summed E-state index contributed by atoms with van der Waals surface area (Å²) in [5.74, 6) is -1.19. The molecule has 1 amide bonds. The van der Waals surface area contributed by atoms with Crippen molar-refractivity contribution in [2.75, 3.05) is 18.0 Å². The largest absolute Gasteiger partial charge is 1.00 e. The number of nitrogens with one attached hydrogen (secondary N) is 2. The van der Waals surface area contributed by atoms with Crippen molar-refractivity contribution in [2.24, 2.45) is 11.8 Å². The minimum atomic E-state index is -1.29. The predicted octanol–water partition coefficient (Wildman–Crippen LogP) is 0.250. The fourth-order valence-electron chi connectivity index (χ4n) is 4.25. The van der Waals surface area contributed by atoms with Crippen LogP contribution in [0.25, 0.3) is 10.6 Å². The number of hydrogen-bond acceptors (Lipinski definition) is 8. The number of amides is 1. The molecule has 3 atom stereocenters. The third kappa shape index (κ3) is 4.32. The number of rotatable bonds is 6. The molecule has 0 bridgehead atoms. The number of anilines is 1. The van der Waals surface area contributed by atoms with Crippen molar-refractivity contribution in [3.05, 3.63) is 43.3 Å². The van der Waals surface area contributed by atoms with E-state index in [-0.39, 0.29) is 64.0 Å². The molecule has 0 aromatic carbocycles. The second kappa shape index (κ2) is 9.34. The number of thiazole rings is 1. The van der Waals surface area contributed by atoms with E-state index in [0.717, 1.165) is 11.3 Å². The number of ketones is 1. The fraction of sp³-hybridized carbons (Fsp3) is 0.333. The molecule has 1 saturated heterocycles. The second-order valence-corrected chi connectivity index (χ2v) is 11.0. The van der Waals surface area contributed by atoms with E-state index in [2.05, 4.69) is 15.3 Å². The molecule has 0 radical (unpaired) electrons. The zero-order valence-electron chi connectivity index (χ0n) is 18.4. The normalized spacial score (nSPS) is 20.6. The maximum atomic E-state index is 12.6. The number of carbonyl (C=O) groups excluding carboxylic acids is 3. The molecule has 34 heavy (non-hydrogen) atoms. The van der Waals surface area contributed by atoms with Gasteiger partial charge in [0.1, 0.15) is 11.4 Å². The molecule has 4 heterocycles. The molecule has 13 heteroatoms. The molecular formula is C21H17Cl2LiN4O4S2. The topological polar surface area (TPSA) is 118 Å². The van der Waals surface area contributed by atoms with E-state index in [4.69, 9.17) is 23.2 Å². The average molecular weight is 531 g/mol. The molecule has 0 spiro atoms. The van der Waals surface area contributed by atoms with Crippen LogP contribution in [0.1, 0.15) is 42.4 Å². The Morgan fingerprint density at radius 3 is 2.38 bits per heavy atom. The number of aromatic nitrogens is 2. The summed E-state index contributed by atoms with van der Waals surface area (Å²) >= 11 is 14.5. The first-order valence-corrected chi connectivity index (χ1v) is 12.5. The summed E-state index contributed by atoms with van der Waals surface area (Å²) in [5, 5.41) is 15.9. The zero-order chi connectivity index (χ0) is 23.6. The fourth-order valence-corrected chi connectivity index (χ4v) is 6.56. The first-order chi connectivity index (χ1) is 15.7. The Morgan fingerprint density at radius 2 is 1.85 bits per heavy atom. The van der Waals surface area contributed by atoms with Gasteiger partial charge in [0.05, 0.1) is 30.6 Å². The van der Waals surface area contributed by atoms with Crippen LogP contribution in [0.15, 0.2) is 12.1 Å². The number of carboxylic acid groups (broad SMARTS) is 1. The smallest absolute Gasteiger partial charge is 0.544 e. The van der Waals surface area contributed by atoms with Crippen LogP contribution < -0.4 is 34.2 Å². The maximum absolute atomic E-state index is 12.6. The molecule has 2 N–H and O–H groups in total. The molecule has 2 fully saturated rings. The van der Waals surface area contributed by atoms with Gasteiger partial charge in [-0.25, -0.2) is 4.98 Å². The van der Waals surface area contributed by atoms with E-state index in [1.807, 2.05) is 4.90 Å². The third-order valence-corrected chi connectivity index (χ3v) is 9.27. The van der Waals surface area contributed by atoms with Crippen LogP contribution in [0.2, 0.25) is 10.0 Å². The Kier molecular flexibility index (Phi) is 6.95. The molecule has 5 rings (SSSR count). The summed E-state index contributed by atoms with van der Waals surface area (Å²) in [4.78, 5) is 46.6. The summed E-state index contributed by atoms with van der Waals surface area (Å²) < 4.78 is 0. The monoisotopic (exact) mass is 530 g/mol. The van der Waals surface area contributed by atoms with Crippen molar-refractivity contribution in [2.45, 2.75) is 19.9 Å². The number of aromatic amines is 1. The number of H-pyrrole nitrogens is 1. The molecule has 3 aromatic rings. The molecule has 2 aliphatic rings. The summed E-state index contributed by atoms with van der Waals surface area (Å²) in [6.45, 7) is 4.51. The Labute approximate surface area is 224 Å². The zero-order valence-corrected chi connectivity index (χ0v) is 21.5. The number of aromatic carboxylic acids is 1. The van der Waals surface area contributed by atoms with Crippen LogP contribution in [0.4, 0.5) is 5.13 Å². The van der Waals surface area contributed by atoms with Crippen molar-refractivity contribution in [3.8, 4) is 10.6 Å².